The summed E-state index contributed by atoms with van der Waals surface area (Å²) in [4.78, 5) is 40.2. The summed E-state index contributed by atoms with van der Waals surface area (Å²) in [5.41, 5.74) is 8.85. The van der Waals surface area contributed by atoms with Gasteiger partial charge in [-0.25, -0.2) is 4.79 Å². The van der Waals surface area contributed by atoms with Crippen molar-refractivity contribution >= 4 is 57.7 Å². The number of hydrogen-bond donors (Lipinski definition) is 3. The van der Waals surface area contributed by atoms with Crippen LogP contribution in [0.25, 0.3) is 16.8 Å². The van der Waals surface area contributed by atoms with E-state index in [1.165, 1.54) is 0 Å². The molecule has 0 aliphatic carbocycles. The Morgan fingerprint density at radius 3 is 2.45 bits per heavy atom. The van der Waals surface area contributed by atoms with E-state index in [9.17, 15) is 14.4 Å². The first kappa shape index (κ1) is 32.8. The standard InChI is InChI=1S/C34H41ClN4O5/c1-34(2,3)44-33(42)37-18-8-7-11-27(36)32(41)38-28-19-29-31(26-10-6-5-9-25(26)28)23(20-35)21-39(29)30(40)17-14-22-12-15-24(43-4)16-13-22/h5-6,9-10,12-17,19,23,27H,7-8,11,18,20-21,36H2,1-4H3,(H,37,42)(H,38,41)/b17-14+/t23?,27-/m0/s1. The number of fused-ring (bicyclic) bond motifs is 3. The van der Waals surface area contributed by atoms with Crippen LogP contribution >= 0.6 is 11.6 Å². The van der Waals surface area contributed by atoms with E-state index in [1.54, 1.807) is 44.9 Å². The minimum atomic E-state index is -0.746. The predicted octanol–water partition coefficient (Wildman–Crippen LogP) is 6.19. The summed E-state index contributed by atoms with van der Waals surface area (Å²) >= 11 is 6.41. The van der Waals surface area contributed by atoms with Gasteiger partial charge in [0.2, 0.25) is 5.91 Å². The van der Waals surface area contributed by atoms with Crippen LogP contribution in [0, 0.1) is 0 Å². The lowest BCUT2D eigenvalue weighted by molar-refractivity contribution is -0.117. The van der Waals surface area contributed by atoms with E-state index in [2.05, 4.69) is 10.6 Å². The van der Waals surface area contributed by atoms with E-state index in [0.29, 0.717) is 43.9 Å². The number of nitrogens with two attached hydrogens (primary N) is 1. The van der Waals surface area contributed by atoms with Gasteiger partial charge in [-0.15, -0.1) is 11.6 Å². The Morgan fingerprint density at radius 1 is 1.09 bits per heavy atom. The number of alkyl carbamates (subject to hydrolysis) is 1. The molecule has 10 heteroatoms. The molecular weight excluding hydrogens is 580 g/mol. The van der Waals surface area contributed by atoms with Gasteiger partial charge in [0.1, 0.15) is 11.4 Å². The summed E-state index contributed by atoms with van der Waals surface area (Å²) in [5, 5.41) is 7.51. The molecule has 0 radical (unpaired) electrons. The molecule has 0 bridgehead atoms. The molecule has 0 aromatic heterocycles. The summed E-state index contributed by atoms with van der Waals surface area (Å²) in [5.74, 6) is 0.528. The molecule has 44 heavy (non-hydrogen) atoms. The number of benzene rings is 3. The highest BCUT2D eigenvalue weighted by molar-refractivity contribution is 6.19. The Kier molecular flexibility index (Phi) is 10.9. The van der Waals surface area contributed by atoms with E-state index in [-0.39, 0.29) is 17.7 Å². The van der Waals surface area contributed by atoms with Gasteiger partial charge in [-0.2, -0.15) is 0 Å². The number of ether oxygens (including phenoxy) is 2. The molecule has 0 spiro atoms. The Balaban J connectivity index is 1.47. The summed E-state index contributed by atoms with van der Waals surface area (Å²) in [6.07, 6.45) is 4.59. The first-order chi connectivity index (χ1) is 21.0. The minimum absolute atomic E-state index is 0.0591. The van der Waals surface area contributed by atoms with Crippen LogP contribution in [0.5, 0.6) is 5.75 Å². The van der Waals surface area contributed by atoms with Crippen molar-refractivity contribution in [3.05, 3.63) is 71.8 Å². The molecule has 0 saturated carbocycles. The molecule has 0 fully saturated rings. The molecule has 1 unspecified atom stereocenters. The molecule has 234 valence electrons. The summed E-state index contributed by atoms with van der Waals surface area (Å²) < 4.78 is 10.4. The number of methoxy groups -OCH3 is 1. The molecule has 3 aromatic rings. The number of nitrogens with one attached hydrogen (secondary N) is 2. The molecule has 4 N–H and O–H groups in total. The fourth-order valence-corrected chi connectivity index (χ4v) is 5.46. The SMILES string of the molecule is COc1ccc(/C=C/C(=O)N2CC(CCl)c3c2cc(NC(=O)[C@@H](N)CCCCNC(=O)OC(C)(C)C)c2ccccc32)cc1. The monoisotopic (exact) mass is 620 g/mol. The van der Waals surface area contributed by atoms with E-state index >= 15 is 0 Å². The zero-order valence-corrected chi connectivity index (χ0v) is 26.4. The molecule has 2 atom stereocenters. The average Bonchev–Trinajstić information content (AvgIpc) is 3.38. The van der Waals surface area contributed by atoms with E-state index < -0.39 is 17.7 Å². The third kappa shape index (κ3) is 8.30. The van der Waals surface area contributed by atoms with Crippen molar-refractivity contribution in [3.63, 3.8) is 0 Å². The highest BCUT2D eigenvalue weighted by atomic mass is 35.5. The van der Waals surface area contributed by atoms with Gasteiger partial charge in [0.25, 0.3) is 5.91 Å². The van der Waals surface area contributed by atoms with E-state index in [0.717, 1.165) is 33.3 Å². The topological polar surface area (TPSA) is 123 Å². The van der Waals surface area contributed by atoms with Gasteiger partial charge in [0, 0.05) is 36.3 Å². The largest absolute Gasteiger partial charge is 0.497 e. The highest BCUT2D eigenvalue weighted by Crippen LogP contribution is 2.45. The van der Waals surface area contributed by atoms with Crippen LogP contribution < -0.4 is 26.0 Å². The number of unbranched alkanes of at least 4 members (excludes halogenated alkanes) is 1. The zero-order valence-electron chi connectivity index (χ0n) is 25.7. The number of rotatable bonds is 11. The number of carbonyl (C=O) groups is 3. The average molecular weight is 621 g/mol. The third-order valence-corrected chi connectivity index (χ3v) is 7.73. The van der Waals surface area contributed by atoms with E-state index in [1.807, 2.05) is 54.6 Å². The summed E-state index contributed by atoms with van der Waals surface area (Å²) in [6, 6.07) is 16.3. The molecule has 3 aromatic carbocycles. The van der Waals surface area contributed by atoms with Crippen LogP contribution in [-0.2, 0) is 14.3 Å². The van der Waals surface area contributed by atoms with Gasteiger partial charge in [-0.3, -0.25) is 9.59 Å². The van der Waals surface area contributed by atoms with Crippen LogP contribution in [0.2, 0.25) is 0 Å². The number of hydrogen-bond acceptors (Lipinski definition) is 6. The first-order valence-corrected chi connectivity index (χ1v) is 15.3. The Labute approximate surface area is 263 Å². The predicted molar refractivity (Wildman–Crippen MR) is 176 cm³/mol. The molecule has 3 amide bonds. The fourth-order valence-electron chi connectivity index (χ4n) is 5.21. The van der Waals surface area contributed by atoms with E-state index in [4.69, 9.17) is 26.8 Å². The number of nitrogens with zero attached hydrogens (tertiary/aromatic N) is 1. The van der Waals surface area contributed by atoms with Crippen LogP contribution in [0.3, 0.4) is 0 Å². The number of alkyl halides is 1. The Morgan fingerprint density at radius 2 is 1.80 bits per heavy atom. The van der Waals surface area contributed by atoms with Gasteiger partial charge < -0.3 is 30.7 Å². The Hall–Kier alpha value is -4.08. The lowest BCUT2D eigenvalue weighted by Crippen LogP contribution is -2.36. The van der Waals surface area contributed by atoms with Crippen molar-refractivity contribution in [2.24, 2.45) is 5.73 Å². The normalized spacial score (nSPS) is 15.2. The second-order valence-corrected chi connectivity index (χ2v) is 12.1. The Bertz CT molecular complexity index is 1520. The summed E-state index contributed by atoms with van der Waals surface area (Å²) in [6.45, 7) is 6.28. The van der Waals surface area contributed by atoms with Gasteiger partial charge in [-0.1, -0.05) is 36.4 Å². The van der Waals surface area contributed by atoms with Crippen LogP contribution in [0.1, 0.15) is 57.1 Å². The minimum Gasteiger partial charge on any atom is -0.497 e. The lowest BCUT2D eigenvalue weighted by atomic mass is 9.94. The van der Waals surface area contributed by atoms with Crippen molar-refractivity contribution in [2.75, 3.05) is 36.3 Å². The number of carbonyl (C=O) groups excluding carboxylic acids is 3. The summed E-state index contributed by atoms with van der Waals surface area (Å²) in [7, 11) is 1.61. The fraction of sp³-hybridized carbons (Fsp3) is 0.382. The number of amides is 3. The lowest BCUT2D eigenvalue weighted by Gasteiger charge is -2.20. The molecular formula is C34H41ClN4O5. The van der Waals surface area contributed by atoms with Crippen molar-refractivity contribution in [1.29, 1.82) is 0 Å². The van der Waals surface area contributed by atoms with Gasteiger partial charge in [0.15, 0.2) is 0 Å². The molecule has 9 nitrogen and oxygen atoms in total. The van der Waals surface area contributed by atoms with Crippen molar-refractivity contribution < 1.29 is 23.9 Å². The number of anilines is 2. The highest BCUT2D eigenvalue weighted by Gasteiger charge is 2.34. The first-order valence-electron chi connectivity index (χ1n) is 14.8. The third-order valence-electron chi connectivity index (χ3n) is 7.36. The maximum absolute atomic E-state index is 13.5. The van der Waals surface area contributed by atoms with Gasteiger partial charge >= 0.3 is 6.09 Å². The maximum atomic E-state index is 13.5. The van der Waals surface area contributed by atoms with Crippen LogP contribution in [-0.4, -0.2) is 55.6 Å². The quantitative estimate of drug-likeness (QED) is 0.133. The zero-order chi connectivity index (χ0) is 31.9. The maximum Gasteiger partial charge on any atom is 0.407 e. The van der Waals surface area contributed by atoms with Crippen LogP contribution in [0.4, 0.5) is 16.2 Å². The molecule has 4 rings (SSSR count). The van der Waals surface area contributed by atoms with Gasteiger partial charge in [0.05, 0.1) is 24.5 Å². The molecule has 1 aliphatic heterocycles. The second kappa shape index (κ2) is 14.6. The smallest absolute Gasteiger partial charge is 0.407 e. The van der Waals surface area contributed by atoms with Gasteiger partial charge in [-0.05, 0) is 80.8 Å². The molecule has 1 heterocycles. The molecule has 1 aliphatic rings. The van der Waals surface area contributed by atoms with Crippen molar-refractivity contribution in [1.82, 2.24) is 5.32 Å². The van der Waals surface area contributed by atoms with Crippen LogP contribution in [0.15, 0.2) is 60.7 Å². The molecule has 0 saturated heterocycles. The second-order valence-electron chi connectivity index (χ2n) is 11.8. The van der Waals surface area contributed by atoms with Crippen molar-refractivity contribution in [2.45, 2.75) is 57.6 Å². The number of halogens is 1. The van der Waals surface area contributed by atoms with Crippen molar-refractivity contribution in [3.8, 4) is 5.75 Å².